The number of anilines is 3. The molecule has 6 aliphatic heterocycles. The molecule has 1 aromatic heterocycles. The number of furan rings is 1. The first-order valence-corrected chi connectivity index (χ1v) is 17.0. The maximum absolute atomic E-state index is 6.58. The highest BCUT2D eigenvalue weighted by atomic mass is 16.3. The Morgan fingerprint density at radius 1 is 0.617 bits per heavy atom. The van der Waals surface area contributed by atoms with Crippen molar-refractivity contribution in [2.75, 3.05) is 34.8 Å². The van der Waals surface area contributed by atoms with Crippen LogP contribution in [0.4, 0.5) is 17.1 Å². The highest BCUT2D eigenvalue weighted by molar-refractivity contribution is 6.10. The first kappa shape index (κ1) is 25.8. The molecular weight excluding hydrogens is 580 g/mol. The molecule has 0 aliphatic carbocycles. The molecule has 0 bridgehead atoms. The van der Waals surface area contributed by atoms with Gasteiger partial charge in [0, 0.05) is 85.4 Å². The Hall–Kier alpha value is -5.30. The second-order valence-electron chi connectivity index (χ2n) is 13.9. The zero-order valence-corrected chi connectivity index (χ0v) is 26.4. The third-order valence-electron chi connectivity index (χ3n) is 11.6. The Labute approximate surface area is 274 Å². The Balaban J connectivity index is 1.01. The van der Waals surface area contributed by atoms with E-state index in [-0.39, 0.29) is 18.2 Å². The summed E-state index contributed by atoms with van der Waals surface area (Å²) in [4.78, 5) is 15.1. The molecule has 5 atom stereocenters. The zero-order valence-electron chi connectivity index (χ0n) is 26.4. The van der Waals surface area contributed by atoms with Gasteiger partial charge in [-0.3, -0.25) is 0 Å². The molecule has 7 heteroatoms. The second kappa shape index (κ2) is 9.38. The average Bonchev–Trinajstić information content (AvgIpc) is 3.93. The van der Waals surface area contributed by atoms with E-state index in [2.05, 4.69) is 159 Å². The standard InChI is InChI=1S/C40H36N6O/c1-41-19-22-46-36-28(15-16-29-27-10-4-7-14-34(27)47-37(29)36)31(38(41)46)25-26-9-2-5-12-32(26)44-23-20-42-17-8-18-43-21-24-45-33-13-6-3-11-30(33)35(39(42)44)40(43)45/h2-7,9-16,19-24,31,35,38-40H,8,17-18,25H2,1H3. The SMILES string of the molecule is CN1C=CN2c3c(ccc4c3oc3ccccc34)C(Cc3ccccc3N3C=CN4CCCN5C=CN6c7ccccc7C(C43)C56)C12. The molecule has 0 saturated carbocycles. The van der Waals surface area contributed by atoms with E-state index in [1.54, 1.807) is 0 Å². The smallest absolute Gasteiger partial charge is 0.159 e. The van der Waals surface area contributed by atoms with E-state index in [0.717, 1.165) is 37.1 Å². The fraction of sp³-hybridized carbons (Fsp3) is 0.250. The van der Waals surface area contributed by atoms with Gasteiger partial charge in [0.1, 0.15) is 24.1 Å². The highest BCUT2D eigenvalue weighted by Gasteiger charge is 2.52. The molecule has 232 valence electrons. The lowest BCUT2D eigenvalue weighted by Crippen LogP contribution is -2.53. The summed E-state index contributed by atoms with van der Waals surface area (Å²) in [5.74, 6) is 0.597. The molecule has 47 heavy (non-hydrogen) atoms. The number of benzene rings is 4. The first-order chi connectivity index (χ1) is 23.2. The van der Waals surface area contributed by atoms with Crippen molar-refractivity contribution in [3.05, 3.63) is 139 Å². The Morgan fingerprint density at radius 3 is 2.17 bits per heavy atom. The van der Waals surface area contributed by atoms with Crippen molar-refractivity contribution in [1.29, 1.82) is 0 Å². The third-order valence-corrected chi connectivity index (χ3v) is 11.6. The molecule has 5 aromatic rings. The minimum Gasteiger partial charge on any atom is -0.454 e. The monoisotopic (exact) mass is 616 g/mol. The van der Waals surface area contributed by atoms with Crippen molar-refractivity contribution < 1.29 is 4.42 Å². The van der Waals surface area contributed by atoms with Crippen LogP contribution in [0.3, 0.4) is 0 Å². The van der Waals surface area contributed by atoms with Gasteiger partial charge in [-0.2, -0.15) is 0 Å². The van der Waals surface area contributed by atoms with E-state index < -0.39 is 0 Å². The number of rotatable bonds is 3. The van der Waals surface area contributed by atoms with Crippen molar-refractivity contribution in [2.24, 2.45) is 0 Å². The Kier molecular flexibility index (Phi) is 5.16. The minimum absolute atomic E-state index is 0.202. The van der Waals surface area contributed by atoms with Gasteiger partial charge in [0.15, 0.2) is 5.58 Å². The summed E-state index contributed by atoms with van der Waals surface area (Å²) in [6.45, 7) is 2.13. The molecule has 0 amide bonds. The van der Waals surface area contributed by atoms with E-state index in [9.17, 15) is 0 Å². The molecule has 11 rings (SSSR count). The molecule has 4 aromatic carbocycles. The molecule has 1 fully saturated rings. The molecule has 1 saturated heterocycles. The normalized spacial score (nSPS) is 26.4. The summed E-state index contributed by atoms with van der Waals surface area (Å²) in [5, 5.41) is 2.37. The van der Waals surface area contributed by atoms with Crippen LogP contribution in [-0.4, -0.2) is 53.3 Å². The van der Waals surface area contributed by atoms with Crippen molar-refractivity contribution >= 4 is 39.0 Å². The van der Waals surface area contributed by atoms with Crippen LogP contribution in [-0.2, 0) is 6.42 Å². The molecule has 7 heterocycles. The Morgan fingerprint density at radius 2 is 1.32 bits per heavy atom. The Bertz CT molecular complexity index is 2180. The van der Waals surface area contributed by atoms with E-state index in [1.165, 1.54) is 44.5 Å². The first-order valence-electron chi connectivity index (χ1n) is 17.0. The fourth-order valence-electron chi connectivity index (χ4n) is 9.66. The largest absolute Gasteiger partial charge is 0.454 e. The third kappa shape index (κ3) is 3.41. The average molecular weight is 617 g/mol. The van der Waals surface area contributed by atoms with Crippen LogP contribution in [0.1, 0.15) is 34.9 Å². The van der Waals surface area contributed by atoms with Crippen LogP contribution in [0, 0.1) is 0 Å². The lowest BCUT2D eigenvalue weighted by molar-refractivity contribution is 0.153. The van der Waals surface area contributed by atoms with Gasteiger partial charge in [0.05, 0.1) is 11.6 Å². The summed E-state index contributed by atoms with van der Waals surface area (Å²) in [6.07, 6.45) is 16.6. The maximum atomic E-state index is 6.58. The zero-order chi connectivity index (χ0) is 30.8. The van der Waals surface area contributed by atoms with E-state index in [4.69, 9.17) is 4.42 Å². The molecule has 6 aliphatic rings. The van der Waals surface area contributed by atoms with Crippen LogP contribution in [0.25, 0.3) is 21.9 Å². The van der Waals surface area contributed by atoms with Gasteiger partial charge in [0.25, 0.3) is 0 Å². The molecule has 5 unspecified atom stereocenters. The lowest BCUT2D eigenvalue weighted by Gasteiger charge is -2.44. The van der Waals surface area contributed by atoms with Crippen molar-refractivity contribution in [2.45, 2.75) is 43.2 Å². The van der Waals surface area contributed by atoms with Gasteiger partial charge < -0.3 is 33.8 Å². The predicted molar refractivity (Wildman–Crippen MR) is 188 cm³/mol. The number of likely N-dealkylation sites (N-methyl/N-ethyl adjacent to an activating group) is 1. The van der Waals surface area contributed by atoms with Crippen LogP contribution in [0.2, 0.25) is 0 Å². The number of hydrogen-bond donors (Lipinski definition) is 0. The van der Waals surface area contributed by atoms with Gasteiger partial charge in [-0.15, -0.1) is 0 Å². The molecule has 0 N–H and O–H groups in total. The lowest BCUT2D eigenvalue weighted by atomic mass is 9.89. The van der Waals surface area contributed by atoms with Crippen molar-refractivity contribution in [3.63, 3.8) is 0 Å². The van der Waals surface area contributed by atoms with Gasteiger partial charge in [-0.25, -0.2) is 0 Å². The second-order valence-corrected chi connectivity index (χ2v) is 13.9. The summed E-state index contributed by atoms with van der Waals surface area (Å²) in [7, 11) is 2.21. The van der Waals surface area contributed by atoms with Crippen LogP contribution >= 0.6 is 0 Å². The van der Waals surface area contributed by atoms with Crippen LogP contribution in [0.15, 0.2) is 127 Å². The summed E-state index contributed by atoms with van der Waals surface area (Å²) < 4.78 is 6.58. The van der Waals surface area contributed by atoms with Gasteiger partial charge in [-0.05, 0) is 47.7 Å². The molecule has 0 radical (unpaired) electrons. The van der Waals surface area contributed by atoms with E-state index >= 15 is 0 Å². The van der Waals surface area contributed by atoms with Gasteiger partial charge >= 0.3 is 0 Å². The number of fused-ring (bicyclic) bond motifs is 12. The van der Waals surface area contributed by atoms with Gasteiger partial charge in [-0.1, -0.05) is 66.7 Å². The minimum atomic E-state index is 0.202. The highest BCUT2D eigenvalue weighted by Crippen LogP contribution is 2.53. The molecular formula is C40H36N6O. The topological polar surface area (TPSA) is 32.6 Å². The summed E-state index contributed by atoms with van der Waals surface area (Å²) in [5.41, 5.74) is 10.0. The molecule has 0 spiro atoms. The van der Waals surface area contributed by atoms with Crippen LogP contribution in [0.5, 0.6) is 0 Å². The van der Waals surface area contributed by atoms with E-state index in [0.29, 0.717) is 12.1 Å². The van der Waals surface area contributed by atoms with E-state index in [1.807, 2.05) is 0 Å². The fourth-order valence-corrected chi connectivity index (χ4v) is 9.66. The predicted octanol–water partition coefficient (Wildman–Crippen LogP) is 7.51. The molecule has 7 nitrogen and oxygen atoms in total. The summed E-state index contributed by atoms with van der Waals surface area (Å²) >= 11 is 0. The summed E-state index contributed by atoms with van der Waals surface area (Å²) in [6, 6.07) is 31.3. The maximum Gasteiger partial charge on any atom is 0.159 e. The van der Waals surface area contributed by atoms with Crippen LogP contribution < -0.4 is 14.7 Å². The van der Waals surface area contributed by atoms with Crippen molar-refractivity contribution in [3.8, 4) is 0 Å². The van der Waals surface area contributed by atoms with Crippen molar-refractivity contribution in [1.82, 2.24) is 14.7 Å². The van der Waals surface area contributed by atoms with Gasteiger partial charge in [0.2, 0.25) is 0 Å². The number of nitrogens with zero attached hydrogens (tertiary/aromatic N) is 6. The number of hydrogen-bond acceptors (Lipinski definition) is 7. The quantitative estimate of drug-likeness (QED) is 0.207. The number of para-hydroxylation sites is 3.